The van der Waals surface area contributed by atoms with Gasteiger partial charge in [0.1, 0.15) is 5.60 Å². The van der Waals surface area contributed by atoms with Crippen LogP contribution >= 0.6 is 0 Å². The van der Waals surface area contributed by atoms with E-state index in [1.54, 1.807) is 0 Å². The maximum atomic E-state index is 11.5. The summed E-state index contributed by atoms with van der Waals surface area (Å²) >= 11 is 0. The molecule has 0 saturated carbocycles. The quantitative estimate of drug-likeness (QED) is 0.191. The number of esters is 1. The van der Waals surface area contributed by atoms with Gasteiger partial charge in [-0.3, -0.25) is 4.79 Å². The molecule has 0 rings (SSSR count). The standard InChI is InChI=1S/C19H39NO8/c1-17(15-25-11-9-23-7-8-24-10-12-26-16-20)27-14-13-22-6-5-18(21)28-19(2,3)4/h17H,5-16,20H2,1-4H3. The predicted octanol–water partition coefficient (Wildman–Crippen LogP) is 1.12. The molecule has 0 aliphatic rings. The number of ether oxygens (including phenoxy) is 7. The lowest BCUT2D eigenvalue weighted by Crippen LogP contribution is -2.25. The Kier molecular flexibility index (Phi) is 17.7. The first-order valence-electron chi connectivity index (χ1n) is 9.77. The molecule has 2 N–H and O–H groups in total. The van der Waals surface area contributed by atoms with Gasteiger partial charge in [0.05, 0.1) is 85.3 Å². The van der Waals surface area contributed by atoms with Crippen LogP contribution in [-0.2, 0) is 38.0 Å². The Labute approximate surface area is 169 Å². The zero-order valence-electron chi connectivity index (χ0n) is 17.9. The minimum Gasteiger partial charge on any atom is -0.460 e. The van der Waals surface area contributed by atoms with Crippen molar-refractivity contribution in [2.24, 2.45) is 5.73 Å². The van der Waals surface area contributed by atoms with Crippen LogP contribution < -0.4 is 5.73 Å². The second-order valence-corrected chi connectivity index (χ2v) is 7.00. The summed E-state index contributed by atoms with van der Waals surface area (Å²) in [5.74, 6) is -0.260. The first kappa shape index (κ1) is 27.2. The third-order valence-electron chi connectivity index (χ3n) is 3.09. The summed E-state index contributed by atoms with van der Waals surface area (Å²) in [6, 6.07) is 0. The molecule has 0 bridgehead atoms. The molecular weight excluding hydrogens is 370 g/mol. The number of hydrogen-bond donors (Lipinski definition) is 1. The smallest absolute Gasteiger partial charge is 0.308 e. The molecule has 9 nitrogen and oxygen atoms in total. The van der Waals surface area contributed by atoms with Crippen molar-refractivity contribution in [3.05, 3.63) is 0 Å². The molecule has 0 spiro atoms. The number of rotatable bonds is 19. The molecule has 0 fully saturated rings. The van der Waals surface area contributed by atoms with E-state index in [2.05, 4.69) is 0 Å². The Morgan fingerprint density at radius 1 is 0.786 bits per heavy atom. The molecule has 0 radical (unpaired) electrons. The van der Waals surface area contributed by atoms with Gasteiger partial charge in [0, 0.05) is 0 Å². The molecule has 1 unspecified atom stereocenters. The molecule has 0 aliphatic heterocycles. The van der Waals surface area contributed by atoms with Crippen molar-refractivity contribution in [2.75, 3.05) is 72.8 Å². The lowest BCUT2D eigenvalue weighted by Gasteiger charge is -2.19. The third-order valence-corrected chi connectivity index (χ3v) is 3.09. The fourth-order valence-electron chi connectivity index (χ4n) is 1.90. The van der Waals surface area contributed by atoms with Crippen LogP contribution in [0.25, 0.3) is 0 Å². The van der Waals surface area contributed by atoms with E-state index in [1.165, 1.54) is 0 Å². The van der Waals surface area contributed by atoms with E-state index in [9.17, 15) is 4.79 Å². The van der Waals surface area contributed by atoms with Gasteiger partial charge in [-0.2, -0.15) is 0 Å². The second kappa shape index (κ2) is 18.2. The Morgan fingerprint density at radius 3 is 1.86 bits per heavy atom. The molecule has 28 heavy (non-hydrogen) atoms. The molecule has 168 valence electrons. The van der Waals surface area contributed by atoms with Gasteiger partial charge in [-0.15, -0.1) is 0 Å². The van der Waals surface area contributed by atoms with Crippen LogP contribution in [0.3, 0.4) is 0 Å². The molecule has 1 atom stereocenters. The second-order valence-electron chi connectivity index (χ2n) is 7.00. The first-order valence-corrected chi connectivity index (χ1v) is 9.77. The van der Waals surface area contributed by atoms with E-state index >= 15 is 0 Å². The van der Waals surface area contributed by atoms with Crippen LogP contribution in [0.1, 0.15) is 34.1 Å². The molecule has 0 aromatic rings. The number of carbonyl (C=O) groups excluding carboxylic acids is 1. The largest absolute Gasteiger partial charge is 0.460 e. The van der Waals surface area contributed by atoms with Gasteiger partial charge in [-0.05, 0) is 27.7 Å². The Bertz CT molecular complexity index is 362. The Hall–Kier alpha value is -0.810. The zero-order valence-corrected chi connectivity index (χ0v) is 17.9. The van der Waals surface area contributed by atoms with E-state index in [0.29, 0.717) is 66.1 Å². The topological polar surface area (TPSA) is 108 Å². The average Bonchev–Trinajstić information content (AvgIpc) is 2.61. The lowest BCUT2D eigenvalue weighted by atomic mass is 10.2. The molecular formula is C19H39NO8. The normalized spacial score (nSPS) is 12.9. The summed E-state index contributed by atoms with van der Waals surface area (Å²) in [7, 11) is 0. The maximum Gasteiger partial charge on any atom is 0.308 e. The number of hydrogen-bond acceptors (Lipinski definition) is 9. The fraction of sp³-hybridized carbons (Fsp3) is 0.947. The summed E-state index contributed by atoms with van der Waals surface area (Å²) in [6.07, 6.45) is 0.197. The molecule has 9 heteroatoms. The SMILES string of the molecule is CC(COCCOCCOCCOCN)OCCOCCC(=O)OC(C)(C)C. The van der Waals surface area contributed by atoms with Crippen molar-refractivity contribution in [2.45, 2.75) is 45.8 Å². The minimum atomic E-state index is -0.464. The van der Waals surface area contributed by atoms with Crippen molar-refractivity contribution < 1.29 is 38.0 Å². The summed E-state index contributed by atoms with van der Waals surface area (Å²) in [5.41, 5.74) is 4.72. The van der Waals surface area contributed by atoms with Crippen molar-refractivity contribution in [1.29, 1.82) is 0 Å². The summed E-state index contributed by atoms with van der Waals surface area (Å²) in [5, 5.41) is 0. The van der Waals surface area contributed by atoms with Gasteiger partial charge in [0.2, 0.25) is 0 Å². The molecule has 0 aromatic carbocycles. The molecule has 0 aliphatic carbocycles. The highest BCUT2D eigenvalue weighted by Crippen LogP contribution is 2.08. The average molecular weight is 410 g/mol. The maximum absolute atomic E-state index is 11.5. The van der Waals surface area contributed by atoms with Gasteiger partial charge in [0.15, 0.2) is 0 Å². The summed E-state index contributed by atoms with van der Waals surface area (Å²) in [6.45, 7) is 12.4. The molecule has 0 saturated heterocycles. The van der Waals surface area contributed by atoms with Crippen LogP contribution in [0, 0.1) is 0 Å². The van der Waals surface area contributed by atoms with Crippen molar-refractivity contribution >= 4 is 5.97 Å². The number of nitrogens with two attached hydrogens (primary N) is 1. The lowest BCUT2D eigenvalue weighted by molar-refractivity contribution is -0.156. The minimum absolute atomic E-state index is 0.0414. The van der Waals surface area contributed by atoms with E-state index in [0.717, 1.165) is 0 Å². The van der Waals surface area contributed by atoms with Crippen molar-refractivity contribution in [3.63, 3.8) is 0 Å². The fourth-order valence-corrected chi connectivity index (χ4v) is 1.90. The molecule has 0 amide bonds. The van der Waals surface area contributed by atoms with Crippen LogP contribution in [0.5, 0.6) is 0 Å². The Morgan fingerprint density at radius 2 is 1.29 bits per heavy atom. The van der Waals surface area contributed by atoms with Gasteiger partial charge in [0.25, 0.3) is 0 Å². The van der Waals surface area contributed by atoms with E-state index < -0.39 is 5.60 Å². The van der Waals surface area contributed by atoms with Crippen LogP contribution in [-0.4, -0.2) is 90.5 Å². The van der Waals surface area contributed by atoms with E-state index in [4.69, 9.17) is 38.9 Å². The van der Waals surface area contributed by atoms with E-state index in [1.807, 2.05) is 27.7 Å². The van der Waals surface area contributed by atoms with Gasteiger partial charge >= 0.3 is 5.97 Å². The van der Waals surface area contributed by atoms with Crippen LogP contribution in [0.2, 0.25) is 0 Å². The monoisotopic (exact) mass is 409 g/mol. The third kappa shape index (κ3) is 21.5. The molecule has 0 heterocycles. The van der Waals surface area contributed by atoms with Crippen LogP contribution in [0.15, 0.2) is 0 Å². The van der Waals surface area contributed by atoms with Crippen molar-refractivity contribution in [3.8, 4) is 0 Å². The summed E-state index contributed by atoms with van der Waals surface area (Å²) < 4.78 is 37.2. The summed E-state index contributed by atoms with van der Waals surface area (Å²) in [4.78, 5) is 11.5. The number of carbonyl (C=O) groups is 1. The van der Waals surface area contributed by atoms with E-state index in [-0.39, 0.29) is 25.2 Å². The van der Waals surface area contributed by atoms with Gasteiger partial charge in [-0.1, -0.05) is 0 Å². The Balaban J connectivity index is 3.29. The predicted molar refractivity (Wildman–Crippen MR) is 104 cm³/mol. The van der Waals surface area contributed by atoms with Crippen LogP contribution in [0.4, 0.5) is 0 Å². The molecule has 0 aromatic heterocycles. The highest BCUT2D eigenvalue weighted by atomic mass is 16.6. The highest BCUT2D eigenvalue weighted by Gasteiger charge is 2.15. The first-order chi connectivity index (χ1) is 13.3. The highest BCUT2D eigenvalue weighted by molar-refractivity contribution is 5.69. The zero-order chi connectivity index (χ0) is 21.1. The van der Waals surface area contributed by atoms with Gasteiger partial charge in [-0.25, -0.2) is 0 Å². The van der Waals surface area contributed by atoms with Gasteiger partial charge < -0.3 is 38.9 Å². The van der Waals surface area contributed by atoms with Crippen molar-refractivity contribution in [1.82, 2.24) is 0 Å².